The number of carbonyl (C=O) groups is 1. The predicted molar refractivity (Wildman–Crippen MR) is 80.4 cm³/mol. The number of anilines is 1. The summed E-state index contributed by atoms with van der Waals surface area (Å²) in [6, 6.07) is 8.30. The smallest absolute Gasteiger partial charge is 0.234 e. The lowest BCUT2D eigenvalue weighted by Gasteiger charge is -2.20. The van der Waals surface area contributed by atoms with Gasteiger partial charge in [0.05, 0.1) is 6.54 Å². The Bertz CT molecular complexity index is 404. The molecule has 1 amide bonds. The van der Waals surface area contributed by atoms with Gasteiger partial charge in [0.15, 0.2) is 0 Å². The number of nitrogens with zero attached hydrogens (tertiary/aromatic N) is 1. The summed E-state index contributed by atoms with van der Waals surface area (Å²) in [6.07, 6.45) is 0. The van der Waals surface area contributed by atoms with E-state index in [0.717, 1.165) is 0 Å². The zero-order chi connectivity index (χ0) is 14.5. The maximum Gasteiger partial charge on any atom is 0.234 e. The monoisotopic (exact) mass is 263 g/mol. The Labute approximate surface area is 116 Å². The van der Waals surface area contributed by atoms with Crippen LogP contribution >= 0.6 is 0 Å². The van der Waals surface area contributed by atoms with Crippen molar-refractivity contribution in [2.75, 3.05) is 25.5 Å². The van der Waals surface area contributed by atoms with Gasteiger partial charge in [0, 0.05) is 31.9 Å². The van der Waals surface area contributed by atoms with E-state index in [-0.39, 0.29) is 11.4 Å². The van der Waals surface area contributed by atoms with E-state index in [0.29, 0.717) is 13.1 Å². The van der Waals surface area contributed by atoms with Crippen molar-refractivity contribution < 1.29 is 4.79 Å². The zero-order valence-electron chi connectivity index (χ0n) is 12.6. The normalized spacial score (nSPS) is 11.2. The fourth-order valence-corrected chi connectivity index (χ4v) is 1.69. The fraction of sp³-hybridized carbons (Fsp3) is 0.533. The van der Waals surface area contributed by atoms with Crippen LogP contribution < -0.4 is 15.5 Å². The first-order chi connectivity index (χ1) is 8.78. The molecule has 4 nitrogen and oxygen atoms in total. The molecular formula is C15H25N3O. The molecule has 19 heavy (non-hydrogen) atoms. The summed E-state index contributed by atoms with van der Waals surface area (Å²) >= 11 is 0. The summed E-state index contributed by atoms with van der Waals surface area (Å²) < 4.78 is 0. The van der Waals surface area contributed by atoms with Gasteiger partial charge in [-0.15, -0.1) is 0 Å². The molecule has 4 heteroatoms. The van der Waals surface area contributed by atoms with Crippen molar-refractivity contribution in [2.45, 2.75) is 32.9 Å². The number of hydrogen-bond acceptors (Lipinski definition) is 3. The Balaban J connectivity index is 2.35. The molecule has 0 unspecified atom stereocenters. The Kier molecular flexibility index (Phi) is 5.36. The number of hydrogen-bond donors (Lipinski definition) is 2. The van der Waals surface area contributed by atoms with E-state index in [2.05, 4.69) is 39.8 Å². The molecule has 0 bridgehead atoms. The molecule has 0 saturated carbocycles. The van der Waals surface area contributed by atoms with Crippen LogP contribution in [0.2, 0.25) is 0 Å². The van der Waals surface area contributed by atoms with Gasteiger partial charge in [-0.1, -0.05) is 12.1 Å². The largest absolute Gasteiger partial charge is 0.378 e. The minimum atomic E-state index is -0.174. The second-order valence-electron chi connectivity index (χ2n) is 5.96. The molecule has 0 aliphatic carbocycles. The maximum absolute atomic E-state index is 11.6. The molecule has 1 rings (SSSR count). The van der Waals surface area contributed by atoms with E-state index < -0.39 is 0 Å². The van der Waals surface area contributed by atoms with Crippen LogP contribution in [0.25, 0.3) is 0 Å². The second-order valence-corrected chi connectivity index (χ2v) is 5.96. The van der Waals surface area contributed by atoms with Crippen molar-refractivity contribution >= 4 is 11.6 Å². The van der Waals surface area contributed by atoms with Gasteiger partial charge in [-0.25, -0.2) is 0 Å². The van der Waals surface area contributed by atoms with Gasteiger partial charge in [-0.05, 0) is 38.5 Å². The molecule has 2 N–H and O–H groups in total. The fourth-order valence-electron chi connectivity index (χ4n) is 1.69. The van der Waals surface area contributed by atoms with Crippen molar-refractivity contribution in [2.24, 2.45) is 0 Å². The van der Waals surface area contributed by atoms with Gasteiger partial charge in [-0.3, -0.25) is 4.79 Å². The summed E-state index contributed by atoms with van der Waals surface area (Å²) in [5.74, 6) is 0.0254. The van der Waals surface area contributed by atoms with E-state index in [1.165, 1.54) is 11.3 Å². The van der Waals surface area contributed by atoms with Crippen molar-refractivity contribution in [3.63, 3.8) is 0 Å². The highest BCUT2D eigenvalue weighted by Gasteiger charge is 2.12. The van der Waals surface area contributed by atoms with Crippen LogP contribution in [0.4, 0.5) is 5.69 Å². The Hall–Kier alpha value is -1.55. The molecule has 106 valence electrons. The third kappa shape index (κ3) is 6.25. The topological polar surface area (TPSA) is 44.4 Å². The van der Waals surface area contributed by atoms with Crippen molar-refractivity contribution in [3.8, 4) is 0 Å². The minimum Gasteiger partial charge on any atom is -0.378 e. The SMILES string of the molecule is CN(C)c1ccc(CNCC(=O)NC(C)(C)C)cc1. The number of nitrogens with one attached hydrogen (secondary N) is 2. The minimum absolute atomic E-state index is 0.0254. The van der Waals surface area contributed by atoms with Crippen LogP contribution in [0, 0.1) is 0 Å². The number of amides is 1. The van der Waals surface area contributed by atoms with Gasteiger partial charge >= 0.3 is 0 Å². The third-order valence-electron chi connectivity index (χ3n) is 2.58. The second kappa shape index (κ2) is 6.57. The van der Waals surface area contributed by atoms with E-state index in [1.807, 2.05) is 34.9 Å². The van der Waals surface area contributed by atoms with Crippen LogP contribution in [-0.2, 0) is 11.3 Å². The number of rotatable bonds is 5. The Morgan fingerprint density at radius 2 is 1.74 bits per heavy atom. The number of benzene rings is 1. The number of carbonyl (C=O) groups excluding carboxylic acids is 1. The van der Waals surface area contributed by atoms with E-state index in [9.17, 15) is 4.79 Å². The van der Waals surface area contributed by atoms with Crippen LogP contribution in [-0.4, -0.2) is 32.1 Å². The Morgan fingerprint density at radius 1 is 1.16 bits per heavy atom. The van der Waals surface area contributed by atoms with Crippen molar-refractivity contribution in [3.05, 3.63) is 29.8 Å². The van der Waals surface area contributed by atoms with Crippen LogP contribution in [0.3, 0.4) is 0 Å². The first-order valence-corrected chi connectivity index (χ1v) is 6.56. The molecule has 0 aliphatic heterocycles. The van der Waals surface area contributed by atoms with Crippen molar-refractivity contribution in [1.29, 1.82) is 0 Å². The summed E-state index contributed by atoms with van der Waals surface area (Å²) in [5, 5.41) is 6.07. The van der Waals surface area contributed by atoms with Gasteiger partial charge in [0.25, 0.3) is 0 Å². The molecular weight excluding hydrogens is 238 g/mol. The highest BCUT2D eigenvalue weighted by atomic mass is 16.2. The third-order valence-corrected chi connectivity index (χ3v) is 2.58. The molecule has 0 heterocycles. The molecule has 0 fully saturated rings. The maximum atomic E-state index is 11.6. The van der Waals surface area contributed by atoms with Crippen molar-refractivity contribution in [1.82, 2.24) is 10.6 Å². The van der Waals surface area contributed by atoms with E-state index in [4.69, 9.17) is 0 Å². The lowest BCUT2D eigenvalue weighted by Crippen LogP contribution is -2.44. The first-order valence-electron chi connectivity index (χ1n) is 6.56. The van der Waals surface area contributed by atoms with Crippen LogP contribution in [0.1, 0.15) is 26.3 Å². The lowest BCUT2D eigenvalue weighted by molar-refractivity contribution is -0.121. The molecule has 1 aromatic carbocycles. The first kappa shape index (κ1) is 15.5. The van der Waals surface area contributed by atoms with Gasteiger partial charge in [0.2, 0.25) is 5.91 Å². The van der Waals surface area contributed by atoms with E-state index in [1.54, 1.807) is 0 Å². The van der Waals surface area contributed by atoms with E-state index >= 15 is 0 Å². The van der Waals surface area contributed by atoms with Gasteiger partial charge in [0.1, 0.15) is 0 Å². The summed E-state index contributed by atoms with van der Waals surface area (Å²) in [7, 11) is 4.04. The zero-order valence-corrected chi connectivity index (χ0v) is 12.6. The average Bonchev–Trinajstić information content (AvgIpc) is 2.27. The molecule has 0 radical (unpaired) electrons. The Morgan fingerprint density at radius 3 is 2.21 bits per heavy atom. The van der Waals surface area contributed by atoms with Crippen LogP contribution in [0.15, 0.2) is 24.3 Å². The van der Waals surface area contributed by atoms with Gasteiger partial charge < -0.3 is 15.5 Å². The molecule has 0 saturated heterocycles. The quantitative estimate of drug-likeness (QED) is 0.851. The molecule has 0 aromatic heterocycles. The average molecular weight is 263 g/mol. The van der Waals surface area contributed by atoms with Gasteiger partial charge in [-0.2, -0.15) is 0 Å². The summed E-state index contributed by atoms with van der Waals surface area (Å²) in [6.45, 7) is 6.97. The summed E-state index contributed by atoms with van der Waals surface area (Å²) in [5.41, 5.74) is 2.18. The molecule has 0 atom stereocenters. The highest BCUT2D eigenvalue weighted by Crippen LogP contribution is 2.11. The highest BCUT2D eigenvalue weighted by molar-refractivity contribution is 5.78. The standard InChI is InChI=1S/C15H25N3O/c1-15(2,3)17-14(19)11-16-10-12-6-8-13(9-7-12)18(4)5/h6-9,16H,10-11H2,1-5H3,(H,17,19). The summed E-state index contributed by atoms with van der Waals surface area (Å²) in [4.78, 5) is 13.7. The molecule has 0 aliphatic rings. The molecule has 1 aromatic rings. The lowest BCUT2D eigenvalue weighted by atomic mass is 10.1. The predicted octanol–water partition coefficient (Wildman–Crippen LogP) is 1.76. The van der Waals surface area contributed by atoms with Crippen LogP contribution in [0.5, 0.6) is 0 Å². The molecule has 0 spiro atoms.